The zero-order valence-corrected chi connectivity index (χ0v) is 8.88. The van der Waals surface area contributed by atoms with E-state index in [1.54, 1.807) is 6.92 Å². The number of halogens is 2. The van der Waals surface area contributed by atoms with Crippen LogP contribution >= 0.6 is 11.6 Å². The monoisotopic (exact) mass is 231 g/mol. The van der Waals surface area contributed by atoms with Gasteiger partial charge in [0.2, 0.25) is 0 Å². The molecule has 82 valence electrons. The van der Waals surface area contributed by atoms with Crippen LogP contribution in [0.5, 0.6) is 0 Å². The molecule has 0 heterocycles. The van der Waals surface area contributed by atoms with E-state index in [4.69, 9.17) is 22.4 Å². The van der Waals surface area contributed by atoms with Crippen molar-refractivity contribution in [2.75, 3.05) is 0 Å². The fourth-order valence-corrected chi connectivity index (χ4v) is 1.60. The Balaban J connectivity index is 3.12. The summed E-state index contributed by atoms with van der Waals surface area (Å²) in [5.41, 5.74) is 6.30. The molecule has 1 atom stereocenters. The van der Waals surface area contributed by atoms with Gasteiger partial charge in [0.1, 0.15) is 5.82 Å². The molecule has 0 spiro atoms. The molecule has 1 rings (SSSR count). The van der Waals surface area contributed by atoms with Gasteiger partial charge in [0, 0.05) is 11.6 Å². The Morgan fingerprint density at radius 3 is 2.80 bits per heavy atom. The molecule has 3 N–H and O–H groups in total. The second-order valence-electron chi connectivity index (χ2n) is 3.30. The molecular weight excluding hydrogens is 221 g/mol. The van der Waals surface area contributed by atoms with Crippen molar-refractivity contribution in [3.05, 3.63) is 34.1 Å². The fraction of sp³-hybridized carbons (Fsp3) is 0.300. The molecule has 1 aromatic carbocycles. The summed E-state index contributed by atoms with van der Waals surface area (Å²) < 4.78 is 13.4. The summed E-state index contributed by atoms with van der Waals surface area (Å²) in [6.07, 6.45) is -0.347. The Hall–Kier alpha value is -1.13. The Labute approximate surface area is 91.7 Å². The second-order valence-corrected chi connectivity index (χ2v) is 3.67. The van der Waals surface area contributed by atoms with E-state index in [1.807, 2.05) is 0 Å². The van der Waals surface area contributed by atoms with Gasteiger partial charge in [-0.3, -0.25) is 4.79 Å². The number of carboxylic acids is 1. The average molecular weight is 232 g/mol. The van der Waals surface area contributed by atoms with Crippen molar-refractivity contribution in [1.82, 2.24) is 0 Å². The number of carbonyl (C=O) groups is 1. The highest BCUT2D eigenvalue weighted by Gasteiger charge is 2.19. The molecule has 0 bridgehead atoms. The number of benzene rings is 1. The summed E-state index contributed by atoms with van der Waals surface area (Å²) in [5.74, 6) is -1.65. The summed E-state index contributed by atoms with van der Waals surface area (Å²) in [6.45, 7) is 1.71. The third-order valence-electron chi connectivity index (χ3n) is 2.08. The van der Waals surface area contributed by atoms with Gasteiger partial charge in [-0.1, -0.05) is 17.7 Å². The summed E-state index contributed by atoms with van der Waals surface area (Å²) in [6, 6.07) is 1.84. The van der Waals surface area contributed by atoms with Gasteiger partial charge < -0.3 is 10.8 Å². The number of hydrogen-bond acceptors (Lipinski definition) is 2. The van der Waals surface area contributed by atoms with Crippen molar-refractivity contribution in [2.24, 2.45) is 5.73 Å². The van der Waals surface area contributed by atoms with E-state index in [1.165, 1.54) is 12.1 Å². The molecule has 0 fully saturated rings. The Bertz CT molecular complexity index is 395. The molecule has 0 saturated carbocycles. The largest absolute Gasteiger partial charge is 0.481 e. The van der Waals surface area contributed by atoms with Crippen LogP contribution in [-0.4, -0.2) is 11.1 Å². The summed E-state index contributed by atoms with van der Waals surface area (Å²) in [7, 11) is 0. The Kier molecular flexibility index (Phi) is 3.66. The highest BCUT2D eigenvalue weighted by Crippen LogP contribution is 2.29. The van der Waals surface area contributed by atoms with Gasteiger partial charge in [-0.2, -0.15) is 0 Å². The molecule has 0 saturated heterocycles. The van der Waals surface area contributed by atoms with Crippen molar-refractivity contribution in [3.8, 4) is 0 Å². The van der Waals surface area contributed by atoms with Crippen molar-refractivity contribution in [2.45, 2.75) is 19.4 Å². The number of nitrogens with two attached hydrogens (primary N) is 1. The van der Waals surface area contributed by atoms with Gasteiger partial charge in [0.25, 0.3) is 0 Å². The van der Waals surface area contributed by atoms with Crippen LogP contribution in [-0.2, 0) is 4.79 Å². The number of aliphatic carboxylic acids is 1. The van der Waals surface area contributed by atoms with Crippen molar-refractivity contribution in [3.63, 3.8) is 0 Å². The third-order valence-corrected chi connectivity index (χ3v) is 2.59. The predicted molar refractivity (Wildman–Crippen MR) is 55.3 cm³/mol. The van der Waals surface area contributed by atoms with E-state index in [0.717, 1.165) is 0 Å². The average Bonchev–Trinajstić information content (AvgIpc) is 2.11. The molecule has 5 heteroatoms. The molecular formula is C10H11ClFNO2. The van der Waals surface area contributed by atoms with E-state index in [-0.39, 0.29) is 17.0 Å². The van der Waals surface area contributed by atoms with Gasteiger partial charge >= 0.3 is 5.97 Å². The maximum absolute atomic E-state index is 13.4. The third kappa shape index (κ3) is 2.67. The minimum Gasteiger partial charge on any atom is -0.481 e. The zero-order chi connectivity index (χ0) is 11.6. The topological polar surface area (TPSA) is 63.3 Å². The molecule has 0 aliphatic rings. The van der Waals surface area contributed by atoms with Crippen molar-refractivity contribution >= 4 is 17.6 Å². The normalized spacial score (nSPS) is 12.5. The molecule has 1 aromatic rings. The lowest BCUT2D eigenvalue weighted by atomic mass is 10.0. The Morgan fingerprint density at radius 2 is 2.27 bits per heavy atom. The SMILES string of the molecule is Cc1ccc(F)c(C(N)CC(=O)O)c1Cl. The first-order valence-corrected chi connectivity index (χ1v) is 4.73. The summed E-state index contributed by atoms with van der Waals surface area (Å²) >= 11 is 5.86. The minimum absolute atomic E-state index is 0.0686. The highest BCUT2D eigenvalue weighted by atomic mass is 35.5. The van der Waals surface area contributed by atoms with E-state index < -0.39 is 17.8 Å². The predicted octanol–water partition coefficient (Wildman–Crippen LogP) is 2.26. The fourth-order valence-electron chi connectivity index (χ4n) is 1.31. The molecule has 0 radical (unpaired) electrons. The lowest BCUT2D eigenvalue weighted by molar-refractivity contribution is -0.137. The number of aryl methyl sites for hydroxylation is 1. The van der Waals surface area contributed by atoms with Gasteiger partial charge in [-0.25, -0.2) is 4.39 Å². The summed E-state index contributed by atoms with van der Waals surface area (Å²) in [4.78, 5) is 10.4. The number of rotatable bonds is 3. The smallest absolute Gasteiger partial charge is 0.305 e. The maximum atomic E-state index is 13.4. The second kappa shape index (κ2) is 4.59. The van der Waals surface area contributed by atoms with Crippen LogP contribution in [0, 0.1) is 12.7 Å². The zero-order valence-electron chi connectivity index (χ0n) is 8.13. The van der Waals surface area contributed by atoms with E-state index in [2.05, 4.69) is 0 Å². The summed E-state index contributed by atoms with van der Waals surface area (Å²) in [5, 5.41) is 8.75. The van der Waals surface area contributed by atoms with E-state index >= 15 is 0 Å². The molecule has 0 aliphatic heterocycles. The van der Waals surface area contributed by atoms with Crippen LogP contribution in [0.3, 0.4) is 0 Å². The van der Waals surface area contributed by atoms with Gasteiger partial charge in [0.05, 0.1) is 11.4 Å². The molecule has 15 heavy (non-hydrogen) atoms. The van der Waals surface area contributed by atoms with E-state index in [0.29, 0.717) is 5.56 Å². The van der Waals surface area contributed by atoms with Gasteiger partial charge in [-0.15, -0.1) is 0 Å². The van der Waals surface area contributed by atoms with E-state index in [9.17, 15) is 9.18 Å². The number of hydrogen-bond donors (Lipinski definition) is 2. The van der Waals surface area contributed by atoms with Crippen molar-refractivity contribution in [1.29, 1.82) is 0 Å². The van der Waals surface area contributed by atoms with Crippen LogP contribution in [0.15, 0.2) is 12.1 Å². The number of carboxylic acid groups (broad SMARTS) is 1. The molecule has 1 unspecified atom stereocenters. The quantitative estimate of drug-likeness (QED) is 0.839. The lowest BCUT2D eigenvalue weighted by Gasteiger charge is -2.13. The highest BCUT2D eigenvalue weighted by molar-refractivity contribution is 6.32. The first-order valence-electron chi connectivity index (χ1n) is 4.35. The minimum atomic E-state index is -1.08. The maximum Gasteiger partial charge on any atom is 0.305 e. The van der Waals surface area contributed by atoms with Crippen molar-refractivity contribution < 1.29 is 14.3 Å². The van der Waals surface area contributed by atoms with Crippen LogP contribution in [0.2, 0.25) is 5.02 Å². The molecule has 0 amide bonds. The van der Waals surface area contributed by atoms with Crippen LogP contribution < -0.4 is 5.73 Å². The van der Waals surface area contributed by atoms with Crippen LogP contribution in [0.25, 0.3) is 0 Å². The van der Waals surface area contributed by atoms with Gasteiger partial charge in [0.15, 0.2) is 0 Å². The molecule has 3 nitrogen and oxygen atoms in total. The first kappa shape index (κ1) is 11.9. The standard InChI is InChI=1S/C10H11ClFNO2/c1-5-2-3-6(12)9(10(5)11)7(13)4-8(14)15/h2-3,7H,4,13H2,1H3,(H,14,15). The van der Waals surface area contributed by atoms with Gasteiger partial charge in [-0.05, 0) is 18.6 Å². The Morgan fingerprint density at radius 1 is 1.67 bits per heavy atom. The molecule has 0 aliphatic carbocycles. The van der Waals surface area contributed by atoms with Crippen LogP contribution in [0.4, 0.5) is 4.39 Å². The molecule has 0 aromatic heterocycles. The lowest BCUT2D eigenvalue weighted by Crippen LogP contribution is -2.17. The van der Waals surface area contributed by atoms with Crippen LogP contribution in [0.1, 0.15) is 23.6 Å². The first-order chi connectivity index (χ1) is 6.93.